The first-order chi connectivity index (χ1) is 26.2. The highest BCUT2D eigenvalue weighted by atomic mass is 16.5. The van der Waals surface area contributed by atoms with Gasteiger partial charge in [0.1, 0.15) is 17.1 Å². The number of phenolic OH excluding ortho intramolecular Hbond substituents is 1. The van der Waals surface area contributed by atoms with Crippen molar-refractivity contribution in [3.8, 4) is 40.0 Å². The summed E-state index contributed by atoms with van der Waals surface area (Å²) in [6.45, 7) is 2.45. The van der Waals surface area contributed by atoms with E-state index in [0.717, 1.165) is 11.8 Å². The molecule has 2 unspecified atom stereocenters. The van der Waals surface area contributed by atoms with E-state index in [1.54, 1.807) is 24.3 Å². The van der Waals surface area contributed by atoms with Crippen LogP contribution in [0.4, 0.5) is 15.3 Å². The molecule has 3 aliphatic carbocycles. The smallest absolute Gasteiger partial charge is 0.406 e. The number of rotatable bonds is 15. The molecule has 1 saturated carbocycles. The average molecular weight is 744 g/mol. The number of methoxy groups -OCH3 is 1. The molecule has 1 fully saturated rings. The number of carbonyl (C=O) groups excluding carboxylic acids is 2. The Morgan fingerprint density at radius 3 is 2.13 bits per heavy atom. The van der Waals surface area contributed by atoms with Crippen molar-refractivity contribution in [1.82, 2.24) is 10.6 Å². The van der Waals surface area contributed by atoms with Crippen molar-refractivity contribution in [3.05, 3.63) is 70.4 Å². The Morgan fingerprint density at radius 1 is 0.815 bits per heavy atom. The first-order valence-electron chi connectivity index (χ1n) is 17.9. The number of nitrogens with one attached hydrogen (secondary N) is 3. The number of alkyl carbamates (subject to hydrolysis) is 1. The molecule has 14 nitrogen and oxygen atoms in total. The maximum absolute atomic E-state index is 12.4. The normalized spacial score (nSPS) is 15.6. The summed E-state index contributed by atoms with van der Waals surface area (Å²) in [5.41, 5.74) is 1.49. The van der Waals surface area contributed by atoms with Crippen LogP contribution in [0.3, 0.4) is 0 Å². The maximum atomic E-state index is 12.4. The van der Waals surface area contributed by atoms with Crippen LogP contribution >= 0.6 is 0 Å². The van der Waals surface area contributed by atoms with Gasteiger partial charge in [0.05, 0.1) is 52.3 Å². The van der Waals surface area contributed by atoms with Gasteiger partial charge in [-0.1, -0.05) is 6.07 Å². The van der Waals surface area contributed by atoms with E-state index >= 15 is 0 Å². The number of carboxylic acids is 1. The highest BCUT2D eigenvalue weighted by Gasteiger charge is 2.35. The molecule has 1 aliphatic heterocycles. The van der Waals surface area contributed by atoms with Crippen LogP contribution < -0.4 is 21.4 Å². The van der Waals surface area contributed by atoms with Crippen LogP contribution in [0, 0.1) is 23.7 Å². The lowest BCUT2D eigenvalue weighted by Crippen LogP contribution is -2.31. The molecule has 2 aromatic rings. The largest absolute Gasteiger partial charge is 0.508 e. The number of aromatic hydroxyl groups is 1. The SMILES string of the molecule is C1#CCCC2CC2CC1.COC(=O)NCCOCCOCCOCCNC(=O)Nc1ccc(-c2c3ccc(=O)cc-3oc3cc(O)ccc23)c(C(=O)O)c1. The fourth-order valence-electron chi connectivity index (χ4n) is 6.13. The van der Waals surface area contributed by atoms with Crippen molar-refractivity contribution in [2.75, 3.05) is 65.2 Å². The number of urea groups is 1. The number of benzene rings is 3. The number of fused-ring (bicyclic) bond motifs is 3. The number of carboxylic acid groups (broad SMARTS) is 1. The third kappa shape index (κ3) is 11.7. The molecule has 14 heteroatoms. The molecule has 0 saturated heterocycles. The van der Waals surface area contributed by atoms with E-state index in [1.807, 2.05) is 0 Å². The first kappa shape index (κ1) is 39.6. The fraction of sp³-hybridized carbons (Fsp3) is 0.400. The zero-order valence-corrected chi connectivity index (χ0v) is 30.1. The fourth-order valence-corrected chi connectivity index (χ4v) is 6.13. The van der Waals surface area contributed by atoms with Gasteiger partial charge in [0.25, 0.3) is 0 Å². The predicted octanol–water partition coefficient (Wildman–Crippen LogP) is 5.70. The summed E-state index contributed by atoms with van der Waals surface area (Å²) in [5.74, 6) is 7.51. The van der Waals surface area contributed by atoms with E-state index in [2.05, 4.69) is 32.5 Å². The summed E-state index contributed by atoms with van der Waals surface area (Å²) < 4.78 is 26.4. The zero-order chi connectivity index (χ0) is 38.3. The molecule has 4 aliphatic rings. The molecule has 286 valence electrons. The molecule has 6 rings (SSSR count). The maximum Gasteiger partial charge on any atom is 0.406 e. The summed E-state index contributed by atoms with van der Waals surface area (Å²) in [4.78, 5) is 47.7. The van der Waals surface area contributed by atoms with Gasteiger partial charge in [0.2, 0.25) is 0 Å². The number of hydrogen-bond acceptors (Lipinski definition) is 10. The molecular formula is C40H45N3O11. The monoisotopic (exact) mass is 743 g/mol. The second-order valence-electron chi connectivity index (χ2n) is 12.7. The molecule has 1 heterocycles. The second-order valence-corrected chi connectivity index (χ2v) is 12.7. The van der Waals surface area contributed by atoms with Gasteiger partial charge in [-0.15, -0.1) is 11.8 Å². The van der Waals surface area contributed by atoms with E-state index in [4.69, 9.17) is 18.6 Å². The molecule has 3 amide bonds. The van der Waals surface area contributed by atoms with Crippen LogP contribution in [-0.2, 0) is 18.9 Å². The van der Waals surface area contributed by atoms with Gasteiger partial charge in [-0.3, -0.25) is 4.79 Å². The average Bonchev–Trinajstić information content (AvgIpc) is 3.88. The molecular weight excluding hydrogens is 698 g/mol. The van der Waals surface area contributed by atoms with Gasteiger partial charge in [0.15, 0.2) is 5.43 Å². The number of anilines is 1. The van der Waals surface area contributed by atoms with E-state index < -0.39 is 18.1 Å². The third-order valence-corrected chi connectivity index (χ3v) is 8.91. The van der Waals surface area contributed by atoms with Crippen molar-refractivity contribution in [2.24, 2.45) is 11.8 Å². The predicted molar refractivity (Wildman–Crippen MR) is 201 cm³/mol. The zero-order valence-electron chi connectivity index (χ0n) is 30.1. The number of aromatic carboxylic acids is 1. The minimum absolute atomic E-state index is 0.0531. The molecule has 54 heavy (non-hydrogen) atoms. The highest BCUT2D eigenvalue weighted by molar-refractivity contribution is 6.08. The van der Waals surface area contributed by atoms with Crippen LogP contribution in [-0.4, -0.2) is 88.1 Å². The van der Waals surface area contributed by atoms with Crippen LogP contribution in [0.25, 0.3) is 33.4 Å². The molecule has 0 radical (unpaired) electrons. The van der Waals surface area contributed by atoms with E-state index in [1.165, 1.54) is 69.5 Å². The number of carbonyl (C=O) groups is 3. The molecule has 5 N–H and O–H groups in total. The summed E-state index contributed by atoms with van der Waals surface area (Å²) in [5, 5.41) is 28.3. The number of phenols is 1. The summed E-state index contributed by atoms with van der Waals surface area (Å²) in [7, 11) is 1.28. The van der Waals surface area contributed by atoms with Gasteiger partial charge in [-0.2, -0.15) is 0 Å². The van der Waals surface area contributed by atoms with Gasteiger partial charge < -0.3 is 49.5 Å². The Balaban J connectivity index is 0.000000537. The summed E-state index contributed by atoms with van der Waals surface area (Å²) in [6, 6.07) is 12.6. The molecule has 2 aromatic carbocycles. The summed E-state index contributed by atoms with van der Waals surface area (Å²) >= 11 is 0. The third-order valence-electron chi connectivity index (χ3n) is 8.91. The lowest BCUT2D eigenvalue weighted by Gasteiger charge is -2.17. The molecule has 0 aromatic heterocycles. The topological polar surface area (TPSA) is 195 Å². The lowest BCUT2D eigenvalue weighted by atomic mass is 9.90. The minimum atomic E-state index is -1.23. The van der Waals surface area contributed by atoms with Crippen molar-refractivity contribution in [2.45, 2.75) is 32.1 Å². The van der Waals surface area contributed by atoms with Crippen LogP contribution in [0.15, 0.2) is 63.8 Å². The molecule has 0 spiro atoms. The van der Waals surface area contributed by atoms with Crippen LogP contribution in [0.2, 0.25) is 0 Å². The van der Waals surface area contributed by atoms with Crippen molar-refractivity contribution >= 4 is 34.8 Å². The van der Waals surface area contributed by atoms with E-state index in [0.29, 0.717) is 61.7 Å². The number of hydrogen-bond donors (Lipinski definition) is 5. The van der Waals surface area contributed by atoms with Gasteiger partial charge in [-0.25, -0.2) is 14.4 Å². The Kier molecular flexibility index (Phi) is 14.7. The van der Waals surface area contributed by atoms with Crippen molar-refractivity contribution in [3.63, 3.8) is 0 Å². The quantitative estimate of drug-likeness (QED) is 0.0570. The van der Waals surface area contributed by atoms with Gasteiger partial charge >= 0.3 is 18.1 Å². The number of ether oxygens (including phenoxy) is 4. The Bertz CT molecular complexity index is 1980. The van der Waals surface area contributed by atoms with Crippen molar-refractivity contribution in [1.29, 1.82) is 0 Å². The second kappa shape index (κ2) is 20.0. The standard InChI is InChI=1S/C31H33N3O11.C9H12/c1-41-31(40)33-9-11-43-13-15-44-14-12-42-10-8-32-30(39)34-19-2-5-22(25(16-19)29(37)38)28-23-6-3-20(35)17-26(23)45-27-18-21(36)4-7-24(27)28;1-2-4-6-9-7-8(9)5-3-1/h2-7,16-18,35H,8-15H2,1H3,(H,33,40)(H,37,38)(H2,32,34,39);8-9H,3-7H2. The van der Waals surface area contributed by atoms with Crippen LogP contribution in [0.1, 0.15) is 42.5 Å². The van der Waals surface area contributed by atoms with Gasteiger partial charge in [0, 0.05) is 60.3 Å². The molecule has 2 atom stereocenters. The first-order valence-corrected chi connectivity index (χ1v) is 17.9. The Labute approximate surface area is 312 Å². The van der Waals surface area contributed by atoms with E-state index in [9.17, 15) is 29.4 Å². The van der Waals surface area contributed by atoms with E-state index in [-0.39, 0.29) is 46.9 Å². The highest BCUT2D eigenvalue weighted by Crippen LogP contribution is 2.45. The Morgan fingerprint density at radius 2 is 1.46 bits per heavy atom. The van der Waals surface area contributed by atoms with Crippen molar-refractivity contribution < 1.29 is 48.0 Å². The Hall–Kier alpha value is -5.62. The number of amides is 3. The summed E-state index contributed by atoms with van der Waals surface area (Å²) in [6.07, 6.45) is 6.09. The minimum Gasteiger partial charge on any atom is -0.508 e. The lowest BCUT2D eigenvalue weighted by molar-refractivity contribution is 0.0160. The molecule has 0 bridgehead atoms. The van der Waals surface area contributed by atoms with Crippen LogP contribution in [0.5, 0.6) is 5.75 Å². The van der Waals surface area contributed by atoms with Gasteiger partial charge in [-0.05, 0) is 73.1 Å².